The minimum absolute atomic E-state index is 0. The summed E-state index contributed by atoms with van der Waals surface area (Å²) < 4.78 is 0. The number of rotatable bonds is 0. The van der Waals surface area contributed by atoms with Gasteiger partial charge in [-0.2, -0.15) is 0 Å². The number of para-hydroxylation sites is 2. The molecule has 0 aliphatic carbocycles. The largest absolute Gasteiger partial charge is 0.355 e. The molecule has 1 heterocycles. The van der Waals surface area contributed by atoms with Crippen LogP contribution in [-0.4, -0.2) is 56.4 Å². The fourth-order valence-corrected chi connectivity index (χ4v) is 1.80. The first-order chi connectivity index (χ1) is 6.45. The van der Waals surface area contributed by atoms with Gasteiger partial charge in [0, 0.05) is 21.8 Å². The van der Waals surface area contributed by atoms with Crippen molar-refractivity contribution in [2.45, 2.75) is 0 Å². The first kappa shape index (κ1) is 10.4. The van der Waals surface area contributed by atoms with E-state index in [0.29, 0.717) is 0 Å². The SMILES string of the molecule is [KH].c1ccc2c(c1)[nH]c1ccccc12. The Kier molecular flexibility index (Phi) is 3.09. The van der Waals surface area contributed by atoms with Gasteiger partial charge in [0.1, 0.15) is 0 Å². The summed E-state index contributed by atoms with van der Waals surface area (Å²) in [6, 6.07) is 16.8. The molecule has 0 saturated heterocycles. The molecule has 0 atom stereocenters. The second-order valence-electron chi connectivity index (χ2n) is 3.22. The van der Waals surface area contributed by atoms with Crippen LogP contribution in [0, 0.1) is 0 Å². The molecular weight excluding hydrogens is 197 g/mol. The van der Waals surface area contributed by atoms with Crippen LogP contribution in [0.4, 0.5) is 0 Å². The van der Waals surface area contributed by atoms with Gasteiger partial charge in [0.25, 0.3) is 0 Å². The standard InChI is InChI=1S/C12H9N.K.H/c1-3-7-11-9(5-1)10-6-2-4-8-12(10)13-11;;/h1-8,13H;;. The van der Waals surface area contributed by atoms with Gasteiger partial charge in [0.05, 0.1) is 0 Å². The third-order valence-electron chi connectivity index (χ3n) is 2.41. The van der Waals surface area contributed by atoms with Crippen molar-refractivity contribution in [2.75, 3.05) is 0 Å². The Balaban J connectivity index is 0.000000750. The Morgan fingerprint density at radius 2 is 1.07 bits per heavy atom. The molecule has 0 spiro atoms. The second kappa shape index (κ2) is 4.17. The zero-order valence-corrected chi connectivity index (χ0v) is 7.12. The van der Waals surface area contributed by atoms with E-state index in [0.717, 1.165) is 0 Å². The van der Waals surface area contributed by atoms with Crippen molar-refractivity contribution in [3.05, 3.63) is 48.5 Å². The van der Waals surface area contributed by atoms with Crippen LogP contribution in [0.1, 0.15) is 0 Å². The van der Waals surface area contributed by atoms with E-state index in [4.69, 9.17) is 0 Å². The van der Waals surface area contributed by atoms with E-state index < -0.39 is 0 Å². The van der Waals surface area contributed by atoms with Crippen molar-refractivity contribution in [2.24, 2.45) is 0 Å². The molecule has 0 fully saturated rings. The van der Waals surface area contributed by atoms with Crippen molar-refractivity contribution < 1.29 is 0 Å². The van der Waals surface area contributed by atoms with Crippen LogP contribution >= 0.6 is 0 Å². The van der Waals surface area contributed by atoms with Gasteiger partial charge in [0.2, 0.25) is 0 Å². The van der Waals surface area contributed by atoms with Gasteiger partial charge in [0.15, 0.2) is 0 Å². The Bertz CT molecular complexity index is 518. The molecule has 0 saturated carbocycles. The molecule has 2 aromatic carbocycles. The number of benzene rings is 2. The van der Waals surface area contributed by atoms with Crippen LogP contribution in [0.15, 0.2) is 48.5 Å². The zero-order valence-electron chi connectivity index (χ0n) is 7.12. The maximum absolute atomic E-state index is 3.38. The average molecular weight is 207 g/mol. The molecule has 1 N–H and O–H groups in total. The molecule has 0 aliphatic rings. The number of aromatic amines is 1. The third-order valence-corrected chi connectivity index (χ3v) is 2.41. The van der Waals surface area contributed by atoms with Crippen LogP contribution in [0.5, 0.6) is 0 Å². The van der Waals surface area contributed by atoms with Crippen LogP contribution in [0.3, 0.4) is 0 Å². The topological polar surface area (TPSA) is 15.8 Å². The predicted molar refractivity (Wildman–Crippen MR) is 63.0 cm³/mol. The molecule has 0 amide bonds. The molecule has 0 unspecified atom stereocenters. The van der Waals surface area contributed by atoms with Gasteiger partial charge in [-0.3, -0.25) is 0 Å². The normalized spacial score (nSPS) is 10.3. The number of aromatic nitrogens is 1. The van der Waals surface area contributed by atoms with E-state index in [1.54, 1.807) is 0 Å². The van der Waals surface area contributed by atoms with Crippen LogP contribution in [-0.2, 0) is 0 Å². The molecule has 2 heteroatoms. The summed E-state index contributed by atoms with van der Waals surface area (Å²) in [7, 11) is 0. The molecule has 14 heavy (non-hydrogen) atoms. The monoisotopic (exact) mass is 207 g/mol. The smallest absolute Gasteiger partial charge is 0.0464 e. The van der Waals surface area contributed by atoms with E-state index >= 15 is 0 Å². The summed E-state index contributed by atoms with van der Waals surface area (Å²) in [5.41, 5.74) is 2.42. The van der Waals surface area contributed by atoms with Gasteiger partial charge < -0.3 is 4.98 Å². The van der Waals surface area contributed by atoms with E-state index in [2.05, 4.69) is 53.5 Å². The summed E-state index contributed by atoms with van der Waals surface area (Å²) in [4.78, 5) is 3.38. The fraction of sp³-hybridized carbons (Fsp3) is 0. The number of hydrogen-bond acceptors (Lipinski definition) is 0. The van der Waals surface area contributed by atoms with Crippen LogP contribution in [0.2, 0.25) is 0 Å². The Labute approximate surface area is 125 Å². The predicted octanol–water partition coefficient (Wildman–Crippen LogP) is 2.67. The second-order valence-corrected chi connectivity index (χ2v) is 3.22. The molecule has 64 valence electrons. The minimum atomic E-state index is 0. The van der Waals surface area contributed by atoms with Gasteiger partial charge in [-0.1, -0.05) is 36.4 Å². The number of nitrogens with one attached hydrogen (secondary N) is 1. The first-order valence-corrected chi connectivity index (χ1v) is 4.40. The Hall–Kier alpha value is -0.124. The molecule has 3 aromatic rings. The van der Waals surface area contributed by atoms with Crippen molar-refractivity contribution in [1.82, 2.24) is 4.98 Å². The van der Waals surface area contributed by atoms with Gasteiger partial charge in [-0.15, -0.1) is 0 Å². The van der Waals surface area contributed by atoms with Crippen molar-refractivity contribution in [1.29, 1.82) is 0 Å². The van der Waals surface area contributed by atoms with Gasteiger partial charge in [-0.25, -0.2) is 0 Å². The maximum atomic E-state index is 3.38. The van der Waals surface area contributed by atoms with Gasteiger partial charge >= 0.3 is 51.4 Å². The molecule has 3 rings (SSSR count). The Morgan fingerprint density at radius 1 is 0.643 bits per heavy atom. The quantitative estimate of drug-likeness (QED) is 0.545. The zero-order chi connectivity index (χ0) is 8.67. The molecule has 1 nitrogen and oxygen atoms in total. The molecule has 1 aromatic heterocycles. The molecule has 0 aliphatic heterocycles. The van der Waals surface area contributed by atoms with Crippen LogP contribution in [0.25, 0.3) is 21.8 Å². The number of H-pyrrole nitrogens is 1. The van der Waals surface area contributed by atoms with Crippen molar-refractivity contribution in [3.63, 3.8) is 0 Å². The van der Waals surface area contributed by atoms with Gasteiger partial charge in [-0.05, 0) is 12.1 Å². The van der Waals surface area contributed by atoms with Crippen molar-refractivity contribution in [3.8, 4) is 0 Å². The van der Waals surface area contributed by atoms with E-state index in [1.807, 2.05) is 0 Å². The maximum Gasteiger partial charge on any atom is 0.0464 e. The summed E-state index contributed by atoms with van der Waals surface area (Å²) in [6.45, 7) is 0. The van der Waals surface area contributed by atoms with E-state index in [9.17, 15) is 0 Å². The third kappa shape index (κ3) is 1.57. The minimum Gasteiger partial charge on any atom is -0.355 e. The summed E-state index contributed by atoms with van der Waals surface area (Å²) in [6.07, 6.45) is 0. The van der Waals surface area contributed by atoms with E-state index in [1.165, 1.54) is 21.8 Å². The van der Waals surface area contributed by atoms with Crippen LogP contribution < -0.4 is 0 Å². The average Bonchev–Trinajstić information content (AvgIpc) is 2.56. The van der Waals surface area contributed by atoms with Crippen molar-refractivity contribution >= 4 is 73.2 Å². The summed E-state index contributed by atoms with van der Waals surface area (Å²) in [5.74, 6) is 0. The molecule has 0 bridgehead atoms. The summed E-state index contributed by atoms with van der Waals surface area (Å²) in [5, 5.41) is 2.61. The molecular formula is C12H10KN. The van der Waals surface area contributed by atoms with E-state index in [-0.39, 0.29) is 51.4 Å². The number of fused-ring (bicyclic) bond motifs is 3. The fourth-order valence-electron chi connectivity index (χ4n) is 1.80. The summed E-state index contributed by atoms with van der Waals surface area (Å²) >= 11 is 0. The number of hydrogen-bond donors (Lipinski definition) is 1. The Morgan fingerprint density at radius 3 is 1.57 bits per heavy atom. The first-order valence-electron chi connectivity index (χ1n) is 4.40. The molecule has 0 radical (unpaired) electrons.